The zero-order valence-electron chi connectivity index (χ0n) is 15.1. The Kier molecular flexibility index (Phi) is 4.77. The molecule has 2 aliphatic rings. The third-order valence-corrected chi connectivity index (χ3v) is 4.98. The Morgan fingerprint density at radius 3 is 3.00 bits per heavy atom. The predicted molar refractivity (Wildman–Crippen MR) is 98.4 cm³/mol. The first-order valence-electron chi connectivity index (χ1n) is 9.42. The smallest absolute Gasteiger partial charge is 0.321 e. The van der Waals surface area contributed by atoms with Gasteiger partial charge < -0.3 is 15.0 Å². The molecule has 1 saturated carbocycles. The lowest BCUT2D eigenvalue weighted by atomic mass is 10.1. The highest BCUT2D eigenvalue weighted by Gasteiger charge is 2.30. The highest BCUT2D eigenvalue weighted by Crippen LogP contribution is 2.38. The number of carbonyl (C=O) groups excluding carboxylic acids is 1. The lowest BCUT2D eigenvalue weighted by Crippen LogP contribution is -2.33. The number of ether oxygens (including phenoxy) is 1. The summed E-state index contributed by atoms with van der Waals surface area (Å²) in [6, 6.07) is 7.46. The molecular weight excluding hydrogens is 330 g/mol. The van der Waals surface area contributed by atoms with Crippen LogP contribution < -0.4 is 10.1 Å². The van der Waals surface area contributed by atoms with Crippen LogP contribution >= 0.6 is 0 Å². The Bertz CT molecular complexity index is 771. The molecule has 0 radical (unpaired) electrons. The number of rotatable bonds is 6. The van der Waals surface area contributed by atoms with Crippen LogP contribution in [0.4, 0.5) is 10.5 Å². The summed E-state index contributed by atoms with van der Waals surface area (Å²) in [5.41, 5.74) is 0.715. The molecule has 0 bridgehead atoms. The first kappa shape index (κ1) is 16.9. The van der Waals surface area contributed by atoms with Gasteiger partial charge in [-0.3, -0.25) is 5.10 Å². The normalized spacial score (nSPS) is 19.6. The minimum Gasteiger partial charge on any atom is -0.492 e. The zero-order chi connectivity index (χ0) is 17.9. The van der Waals surface area contributed by atoms with Crippen LogP contribution in [0.1, 0.15) is 43.8 Å². The predicted octanol–water partition coefficient (Wildman–Crippen LogP) is 3.18. The molecule has 1 aliphatic heterocycles. The summed E-state index contributed by atoms with van der Waals surface area (Å²) >= 11 is 0. The Morgan fingerprint density at radius 2 is 2.19 bits per heavy atom. The maximum absolute atomic E-state index is 12.6. The molecule has 1 aromatic carbocycles. The first-order chi connectivity index (χ1) is 12.7. The lowest BCUT2D eigenvalue weighted by molar-refractivity contribution is 0.220. The largest absolute Gasteiger partial charge is 0.492 e. The number of aromatic nitrogens is 3. The van der Waals surface area contributed by atoms with E-state index in [1.807, 2.05) is 36.1 Å². The van der Waals surface area contributed by atoms with E-state index in [1.54, 1.807) is 0 Å². The van der Waals surface area contributed by atoms with Crippen LogP contribution in [0.2, 0.25) is 0 Å². The molecule has 4 rings (SSSR count). The summed E-state index contributed by atoms with van der Waals surface area (Å²) in [6.07, 6.45) is 4.24. The van der Waals surface area contributed by atoms with Gasteiger partial charge in [-0.2, -0.15) is 5.10 Å². The van der Waals surface area contributed by atoms with Crippen LogP contribution in [-0.4, -0.2) is 45.8 Å². The first-order valence-corrected chi connectivity index (χ1v) is 9.42. The summed E-state index contributed by atoms with van der Waals surface area (Å²) in [5, 5.41) is 10.4. The Labute approximate surface area is 153 Å². The molecule has 2 fully saturated rings. The maximum Gasteiger partial charge on any atom is 0.321 e. The molecule has 1 unspecified atom stereocenters. The SMILES string of the molecule is CCOc1ccccc1NC(=O)N1CCC(Cc2nc(C3CC3)n[nH]2)C1. The fourth-order valence-corrected chi connectivity index (χ4v) is 3.43. The van der Waals surface area contributed by atoms with E-state index >= 15 is 0 Å². The van der Waals surface area contributed by atoms with Gasteiger partial charge in [-0.15, -0.1) is 0 Å². The molecule has 1 atom stereocenters. The summed E-state index contributed by atoms with van der Waals surface area (Å²) in [6.45, 7) is 4.00. The van der Waals surface area contributed by atoms with E-state index in [0.717, 1.165) is 37.6 Å². The summed E-state index contributed by atoms with van der Waals surface area (Å²) in [7, 11) is 0. The number of H-pyrrole nitrogens is 1. The van der Waals surface area contributed by atoms with Gasteiger partial charge in [0, 0.05) is 25.4 Å². The number of amides is 2. The Hall–Kier alpha value is -2.57. The number of para-hydroxylation sites is 2. The van der Waals surface area contributed by atoms with Crippen molar-refractivity contribution < 1.29 is 9.53 Å². The van der Waals surface area contributed by atoms with Gasteiger partial charge >= 0.3 is 6.03 Å². The number of nitrogens with zero attached hydrogens (tertiary/aromatic N) is 3. The monoisotopic (exact) mass is 355 g/mol. The molecule has 1 aliphatic carbocycles. The van der Waals surface area contributed by atoms with E-state index in [1.165, 1.54) is 12.8 Å². The second-order valence-corrected chi connectivity index (χ2v) is 7.08. The number of likely N-dealkylation sites (tertiary alicyclic amines) is 1. The Balaban J connectivity index is 1.32. The molecule has 0 spiro atoms. The molecule has 2 heterocycles. The maximum atomic E-state index is 12.6. The van der Waals surface area contributed by atoms with Crippen molar-refractivity contribution in [2.24, 2.45) is 5.92 Å². The van der Waals surface area contributed by atoms with Crippen LogP contribution in [0.5, 0.6) is 5.75 Å². The van der Waals surface area contributed by atoms with Gasteiger partial charge in [-0.05, 0) is 44.2 Å². The number of hydrogen-bond acceptors (Lipinski definition) is 4. The number of aromatic amines is 1. The molecule has 2 N–H and O–H groups in total. The average molecular weight is 355 g/mol. The van der Waals surface area contributed by atoms with Gasteiger partial charge in [0.2, 0.25) is 0 Å². The third kappa shape index (κ3) is 3.81. The zero-order valence-corrected chi connectivity index (χ0v) is 15.1. The molecule has 1 aromatic heterocycles. The van der Waals surface area contributed by atoms with Gasteiger partial charge in [-0.25, -0.2) is 9.78 Å². The second-order valence-electron chi connectivity index (χ2n) is 7.08. The molecule has 138 valence electrons. The van der Waals surface area contributed by atoms with Crippen molar-refractivity contribution in [3.63, 3.8) is 0 Å². The molecule has 2 aromatic rings. The number of benzene rings is 1. The number of hydrogen-bond donors (Lipinski definition) is 2. The van der Waals surface area contributed by atoms with Crippen molar-refractivity contribution in [3.05, 3.63) is 35.9 Å². The van der Waals surface area contributed by atoms with E-state index in [9.17, 15) is 4.79 Å². The number of anilines is 1. The minimum atomic E-state index is -0.0732. The van der Waals surface area contributed by atoms with Crippen molar-refractivity contribution in [2.75, 3.05) is 25.0 Å². The van der Waals surface area contributed by atoms with Crippen molar-refractivity contribution in [2.45, 2.75) is 38.5 Å². The van der Waals surface area contributed by atoms with Gasteiger partial charge in [-0.1, -0.05) is 12.1 Å². The molecule has 2 amide bonds. The summed E-state index contributed by atoms with van der Waals surface area (Å²) in [4.78, 5) is 19.1. The van der Waals surface area contributed by atoms with Gasteiger partial charge in [0.25, 0.3) is 0 Å². The van der Waals surface area contributed by atoms with Crippen molar-refractivity contribution in [3.8, 4) is 5.75 Å². The van der Waals surface area contributed by atoms with E-state index in [-0.39, 0.29) is 6.03 Å². The van der Waals surface area contributed by atoms with Crippen LogP contribution in [0.25, 0.3) is 0 Å². The quantitative estimate of drug-likeness (QED) is 0.834. The fourth-order valence-electron chi connectivity index (χ4n) is 3.43. The van der Waals surface area contributed by atoms with Crippen LogP contribution in [0.3, 0.4) is 0 Å². The number of nitrogens with one attached hydrogen (secondary N) is 2. The highest BCUT2D eigenvalue weighted by molar-refractivity contribution is 5.91. The second kappa shape index (κ2) is 7.35. The molecule has 7 nitrogen and oxygen atoms in total. The van der Waals surface area contributed by atoms with Crippen molar-refractivity contribution in [1.29, 1.82) is 0 Å². The van der Waals surface area contributed by atoms with Gasteiger partial charge in [0.1, 0.15) is 11.6 Å². The van der Waals surface area contributed by atoms with Crippen LogP contribution in [0, 0.1) is 5.92 Å². The topological polar surface area (TPSA) is 83.1 Å². The standard InChI is InChI=1S/C19H25N5O2/c1-2-26-16-6-4-3-5-15(16)20-19(25)24-10-9-13(12-24)11-17-21-18(23-22-17)14-7-8-14/h3-6,13-14H,2,7-12H2,1H3,(H,20,25)(H,21,22,23). The summed E-state index contributed by atoms with van der Waals surface area (Å²) in [5.74, 6) is 3.59. The van der Waals surface area contributed by atoms with Crippen molar-refractivity contribution in [1.82, 2.24) is 20.1 Å². The average Bonchev–Trinajstić information content (AvgIpc) is 3.21. The van der Waals surface area contributed by atoms with Gasteiger partial charge in [0.05, 0.1) is 12.3 Å². The lowest BCUT2D eigenvalue weighted by Gasteiger charge is -2.18. The van der Waals surface area contributed by atoms with Crippen LogP contribution in [0.15, 0.2) is 24.3 Å². The van der Waals surface area contributed by atoms with Gasteiger partial charge in [0.15, 0.2) is 5.82 Å². The summed E-state index contributed by atoms with van der Waals surface area (Å²) < 4.78 is 5.57. The minimum absolute atomic E-state index is 0.0732. The number of urea groups is 1. The fraction of sp³-hybridized carbons (Fsp3) is 0.526. The molecular formula is C19H25N5O2. The van der Waals surface area contributed by atoms with E-state index in [0.29, 0.717) is 29.9 Å². The van der Waals surface area contributed by atoms with E-state index in [2.05, 4.69) is 20.5 Å². The molecule has 1 saturated heterocycles. The highest BCUT2D eigenvalue weighted by atomic mass is 16.5. The third-order valence-electron chi connectivity index (χ3n) is 4.98. The molecule has 7 heteroatoms. The number of carbonyl (C=O) groups is 1. The van der Waals surface area contributed by atoms with E-state index < -0.39 is 0 Å². The molecule has 26 heavy (non-hydrogen) atoms. The Morgan fingerprint density at radius 1 is 1.35 bits per heavy atom. The van der Waals surface area contributed by atoms with E-state index in [4.69, 9.17) is 4.74 Å². The van der Waals surface area contributed by atoms with Crippen molar-refractivity contribution >= 4 is 11.7 Å². The van der Waals surface area contributed by atoms with Crippen LogP contribution in [-0.2, 0) is 6.42 Å².